The molecule has 1 aliphatic rings. The summed E-state index contributed by atoms with van der Waals surface area (Å²) in [6, 6.07) is 8.24. The molecule has 147 valence electrons. The van der Waals surface area contributed by atoms with Gasteiger partial charge in [0.15, 0.2) is 0 Å². The molecule has 0 saturated heterocycles. The molecule has 3 N–H and O–H groups in total. The molecule has 0 amide bonds. The Morgan fingerprint density at radius 2 is 2.04 bits per heavy atom. The van der Waals surface area contributed by atoms with Crippen LogP contribution < -0.4 is 15.4 Å². The summed E-state index contributed by atoms with van der Waals surface area (Å²) >= 11 is 0. The number of aromatic amines is 1. The molecule has 9 heteroatoms. The van der Waals surface area contributed by atoms with E-state index in [1.165, 1.54) is 7.11 Å². The zero-order valence-corrected chi connectivity index (χ0v) is 15.2. The number of nitrogens with zero attached hydrogens (tertiary/aromatic N) is 2. The summed E-state index contributed by atoms with van der Waals surface area (Å²) in [7, 11) is 1.51. The summed E-state index contributed by atoms with van der Waals surface area (Å²) in [6.45, 7) is 0. The summed E-state index contributed by atoms with van der Waals surface area (Å²) < 4.78 is 45.6. The lowest BCUT2D eigenvalue weighted by Gasteiger charge is -2.16. The van der Waals surface area contributed by atoms with Crippen molar-refractivity contribution >= 4 is 28.5 Å². The number of nitrogens with one attached hydrogen (secondary N) is 3. The van der Waals surface area contributed by atoms with Crippen LogP contribution in [0.1, 0.15) is 31.2 Å². The van der Waals surface area contributed by atoms with Crippen molar-refractivity contribution in [3.8, 4) is 5.75 Å². The third kappa shape index (κ3) is 3.56. The van der Waals surface area contributed by atoms with Gasteiger partial charge in [-0.2, -0.15) is 23.1 Å². The molecular weight excluding hydrogens is 371 g/mol. The van der Waals surface area contributed by atoms with Crippen molar-refractivity contribution in [3.05, 3.63) is 36.0 Å². The number of H-pyrrole nitrogens is 1. The van der Waals surface area contributed by atoms with E-state index in [2.05, 4.69) is 31.7 Å². The van der Waals surface area contributed by atoms with Gasteiger partial charge in [0.05, 0.1) is 23.7 Å². The van der Waals surface area contributed by atoms with E-state index in [-0.39, 0.29) is 28.8 Å². The molecule has 0 aliphatic heterocycles. The molecule has 0 atom stereocenters. The number of fused-ring (bicyclic) bond motifs is 1. The number of rotatable bonds is 5. The second-order valence-corrected chi connectivity index (χ2v) is 6.69. The predicted octanol–water partition coefficient (Wildman–Crippen LogP) is 4.88. The summed E-state index contributed by atoms with van der Waals surface area (Å²) in [5, 5.41) is 6.15. The molecule has 0 spiro atoms. The largest absolute Gasteiger partial charge is 0.494 e. The molecule has 1 aliphatic carbocycles. The number of aromatic nitrogens is 3. The van der Waals surface area contributed by atoms with Crippen LogP contribution in [0.4, 0.5) is 30.6 Å². The Labute approximate surface area is 159 Å². The van der Waals surface area contributed by atoms with Crippen molar-refractivity contribution in [1.29, 1.82) is 0 Å². The number of para-hydroxylation sites is 1. The highest BCUT2D eigenvalue weighted by molar-refractivity contribution is 5.92. The number of hydrogen-bond acceptors (Lipinski definition) is 5. The van der Waals surface area contributed by atoms with E-state index in [1.807, 2.05) is 0 Å². The average molecular weight is 390 g/mol. The van der Waals surface area contributed by atoms with Crippen LogP contribution in [-0.4, -0.2) is 28.1 Å². The quantitative estimate of drug-likeness (QED) is 0.579. The van der Waals surface area contributed by atoms with E-state index < -0.39 is 11.7 Å². The van der Waals surface area contributed by atoms with Crippen LogP contribution in [0.25, 0.3) is 11.0 Å². The van der Waals surface area contributed by atoms with Gasteiger partial charge in [0, 0.05) is 18.3 Å². The Hall–Kier alpha value is -2.97. The molecule has 1 saturated carbocycles. The number of benzene rings is 1. The maximum absolute atomic E-state index is 13.5. The van der Waals surface area contributed by atoms with Crippen molar-refractivity contribution < 1.29 is 17.9 Å². The first-order valence-corrected chi connectivity index (χ1v) is 9.00. The van der Waals surface area contributed by atoms with Crippen LogP contribution in [0.2, 0.25) is 0 Å². The van der Waals surface area contributed by atoms with Gasteiger partial charge in [0.25, 0.3) is 0 Å². The van der Waals surface area contributed by atoms with Crippen LogP contribution in [-0.2, 0) is 6.18 Å². The van der Waals surface area contributed by atoms with Crippen molar-refractivity contribution in [3.63, 3.8) is 0 Å². The Bertz CT molecular complexity index is 979. The fraction of sp³-hybridized carbons (Fsp3) is 0.368. The molecule has 2 heterocycles. The summed E-state index contributed by atoms with van der Waals surface area (Å²) in [6.07, 6.45) is 0.337. The maximum atomic E-state index is 13.5. The standard InChI is InChI=1S/C19H19F3N5O/c1-28-14-9-5-4-8-13(14)25-18-26-16-15(12(10-23-16)19(20,21)22)17(27-18)24-11-6-2-3-7-11/h4-5,8,10-11H,2-3,6-7H2,1H3,(H3,23,24,25,26,27). The Morgan fingerprint density at radius 3 is 2.75 bits per heavy atom. The van der Waals surface area contributed by atoms with Gasteiger partial charge < -0.3 is 20.4 Å². The van der Waals surface area contributed by atoms with Crippen LogP contribution in [0.3, 0.4) is 0 Å². The number of methoxy groups -OCH3 is 1. The Morgan fingerprint density at radius 1 is 1.25 bits per heavy atom. The van der Waals surface area contributed by atoms with Gasteiger partial charge in [0.2, 0.25) is 5.95 Å². The van der Waals surface area contributed by atoms with Crippen molar-refractivity contribution in [2.45, 2.75) is 37.9 Å². The highest BCUT2D eigenvalue weighted by Gasteiger charge is 2.36. The van der Waals surface area contributed by atoms with Crippen molar-refractivity contribution in [1.82, 2.24) is 15.0 Å². The van der Waals surface area contributed by atoms with Crippen molar-refractivity contribution in [2.75, 3.05) is 17.7 Å². The molecule has 28 heavy (non-hydrogen) atoms. The van der Waals surface area contributed by atoms with E-state index in [0.29, 0.717) is 11.4 Å². The van der Waals surface area contributed by atoms with Crippen LogP contribution in [0.15, 0.2) is 24.4 Å². The first kappa shape index (κ1) is 18.4. The molecule has 2 aromatic heterocycles. The average Bonchev–Trinajstić information content (AvgIpc) is 3.31. The number of halogens is 3. The van der Waals surface area contributed by atoms with Gasteiger partial charge >= 0.3 is 6.18 Å². The topological polar surface area (TPSA) is 74.9 Å². The highest BCUT2D eigenvalue weighted by Crippen LogP contribution is 2.39. The summed E-state index contributed by atoms with van der Waals surface area (Å²) in [5.41, 5.74) is -0.0943. The molecule has 6 nitrogen and oxygen atoms in total. The number of anilines is 3. The predicted molar refractivity (Wildman–Crippen MR) is 99.9 cm³/mol. The molecule has 4 rings (SSSR count). The number of ether oxygens (including phenoxy) is 1. The minimum Gasteiger partial charge on any atom is -0.494 e. The lowest BCUT2D eigenvalue weighted by molar-refractivity contribution is -0.136. The van der Waals surface area contributed by atoms with Gasteiger partial charge in [-0.25, -0.2) is 0 Å². The molecule has 1 fully saturated rings. The van der Waals surface area contributed by atoms with Crippen molar-refractivity contribution in [2.24, 2.45) is 0 Å². The van der Waals surface area contributed by atoms with E-state index in [9.17, 15) is 13.2 Å². The van der Waals surface area contributed by atoms with Crippen LogP contribution in [0, 0.1) is 6.07 Å². The van der Waals surface area contributed by atoms with E-state index in [1.54, 1.807) is 18.2 Å². The highest BCUT2D eigenvalue weighted by atomic mass is 19.4. The van der Waals surface area contributed by atoms with E-state index >= 15 is 0 Å². The van der Waals surface area contributed by atoms with Gasteiger partial charge in [-0.05, 0) is 18.9 Å². The second kappa shape index (κ2) is 7.21. The third-order valence-corrected chi connectivity index (χ3v) is 4.80. The molecule has 1 aromatic carbocycles. The number of alkyl halides is 3. The van der Waals surface area contributed by atoms with Gasteiger partial charge in [0.1, 0.15) is 17.2 Å². The Kier molecular flexibility index (Phi) is 4.74. The zero-order chi connectivity index (χ0) is 19.7. The van der Waals surface area contributed by atoms with Crippen LogP contribution >= 0.6 is 0 Å². The minimum atomic E-state index is -4.50. The lowest BCUT2D eigenvalue weighted by Crippen LogP contribution is -2.17. The number of hydrogen-bond donors (Lipinski definition) is 3. The van der Waals surface area contributed by atoms with E-state index in [4.69, 9.17) is 4.74 Å². The molecular formula is C19H19F3N5O. The SMILES string of the molecule is COc1[c]cccc1Nc1nc(NC2CCCC2)c2c(C(F)(F)F)c[nH]c2n1. The van der Waals surface area contributed by atoms with E-state index in [0.717, 1.165) is 31.9 Å². The third-order valence-electron chi connectivity index (χ3n) is 4.80. The summed E-state index contributed by atoms with van der Waals surface area (Å²) in [4.78, 5) is 11.2. The first-order chi connectivity index (χ1) is 13.5. The zero-order valence-electron chi connectivity index (χ0n) is 15.2. The molecule has 1 radical (unpaired) electrons. The lowest BCUT2D eigenvalue weighted by atomic mass is 10.2. The van der Waals surface area contributed by atoms with Gasteiger partial charge in [-0.1, -0.05) is 25.0 Å². The smallest absolute Gasteiger partial charge is 0.418 e. The van der Waals surface area contributed by atoms with Crippen LogP contribution in [0.5, 0.6) is 5.75 Å². The minimum absolute atomic E-state index is 0.0449. The first-order valence-electron chi connectivity index (χ1n) is 9.00. The molecule has 0 unspecified atom stereocenters. The maximum Gasteiger partial charge on any atom is 0.418 e. The fourth-order valence-electron chi connectivity index (χ4n) is 3.49. The van der Waals surface area contributed by atoms with Gasteiger partial charge in [-0.15, -0.1) is 0 Å². The monoisotopic (exact) mass is 390 g/mol. The Balaban J connectivity index is 1.78. The second-order valence-electron chi connectivity index (χ2n) is 6.69. The van der Waals surface area contributed by atoms with Gasteiger partial charge in [-0.3, -0.25) is 0 Å². The summed E-state index contributed by atoms with van der Waals surface area (Å²) in [5.74, 6) is 0.798. The molecule has 3 aromatic rings. The molecule has 0 bridgehead atoms. The fourth-order valence-corrected chi connectivity index (χ4v) is 3.49. The normalized spacial score (nSPS) is 15.1.